The van der Waals surface area contributed by atoms with Crippen LogP contribution in [0.2, 0.25) is 0 Å². The first-order valence-corrected chi connectivity index (χ1v) is 5.92. The van der Waals surface area contributed by atoms with E-state index in [0.717, 1.165) is 37.5 Å². The number of aromatic nitrogens is 2. The first kappa shape index (κ1) is 11.9. The van der Waals surface area contributed by atoms with Crippen LogP contribution < -0.4 is 5.73 Å². The van der Waals surface area contributed by atoms with Gasteiger partial charge in [0.1, 0.15) is 0 Å². The highest BCUT2D eigenvalue weighted by Gasteiger charge is 2.31. The number of nitrogens with zero attached hydrogens (tertiary/aromatic N) is 2. The molecule has 2 N–H and O–H groups in total. The van der Waals surface area contributed by atoms with Crippen molar-refractivity contribution in [1.29, 1.82) is 0 Å². The number of halogens is 1. The van der Waals surface area contributed by atoms with Gasteiger partial charge in [0.15, 0.2) is 0 Å². The fourth-order valence-electron chi connectivity index (χ4n) is 2.27. The van der Waals surface area contributed by atoms with Crippen molar-refractivity contribution in [2.75, 3.05) is 0 Å². The van der Waals surface area contributed by atoms with E-state index in [-0.39, 0.29) is 12.4 Å². The van der Waals surface area contributed by atoms with Crippen LogP contribution in [0.15, 0.2) is 4.42 Å². The predicted molar refractivity (Wildman–Crippen MR) is 62.7 cm³/mol. The molecular weight excluding hydrogens is 226 g/mol. The van der Waals surface area contributed by atoms with Crippen molar-refractivity contribution in [3.05, 3.63) is 11.8 Å². The highest BCUT2D eigenvalue weighted by molar-refractivity contribution is 5.85. The molecule has 0 saturated heterocycles. The average molecular weight is 244 g/mol. The van der Waals surface area contributed by atoms with Crippen molar-refractivity contribution in [3.8, 4) is 0 Å². The SMILES string of the molecule is Cl.NC1CCC(c2nnc(C3CC3)o2)CC1. The Morgan fingerprint density at radius 1 is 0.875 bits per heavy atom. The first-order valence-electron chi connectivity index (χ1n) is 5.92. The summed E-state index contributed by atoms with van der Waals surface area (Å²) in [6, 6.07) is 0.382. The van der Waals surface area contributed by atoms with Crippen molar-refractivity contribution in [2.24, 2.45) is 5.73 Å². The molecule has 0 aromatic carbocycles. The highest BCUT2D eigenvalue weighted by atomic mass is 35.5. The van der Waals surface area contributed by atoms with E-state index in [1.807, 2.05) is 0 Å². The van der Waals surface area contributed by atoms with Crippen LogP contribution in [0.25, 0.3) is 0 Å². The van der Waals surface area contributed by atoms with Crippen molar-refractivity contribution >= 4 is 12.4 Å². The quantitative estimate of drug-likeness (QED) is 0.866. The summed E-state index contributed by atoms with van der Waals surface area (Å²) in [5.74, 6) is 2.74. The molecule has 5 heteroatoms. The first-order chi connectivity index (χ1) is 7.33. The van der Waals surface area contributed by atoms with Gasteiger partial charge < -0.3 is 10.2 Å². The van der Waals surface area contributed by atoms with Crippen molar-refractivity contribution in [3.63, 3.8) is 0 Å². The molecule has 16 heavy (non-hydrogen) atoms. The summed E-state index contributed by atoms with van der Waals surface area (Å²) in [4.78, 5) is 0. The third kappa shape index (κ3) is 2.38. The third-order valence-corrected chi connectivity index (χ3v) is 3.50. The minimum atomic E-state index is 0. The van der Waals surface area contributed by atoms with Gasteiger partial charge in [-0.25, -0.2) is 0 Å². The fourth-order valence-corrected chi connectivity index (χ4v) is 2.27. The molecule has 1 aromatic rings. The predicted octanol–water partition coefficient (Wildman–Crippen LogP) is 2.35. The second kappa shape index (κ2) is 4.72. The van der Waals surface area contributed by atoms with Gasteiger partial charge in [-0.1, -0.05) is 0 Å². The van der Waals surface area contributed by atoms with E-state index in [9.17, 15) is 0 Å². The Kier molecular flexibility index (Phi) is 3.50. The Balaban J connectivity index is 0.000000963. The zero-order valence-electron chi connectivity index (χ0n) is 9.26. The molecule has 1 aromatic heterocycles. The molecular formula is C11H18ClN3O. The van der Waals surface area contributed by atoms with Crippen LogP contribution in [-0.2, 0) is 0 Å². The second-order valence-electron chi connectivity index (χ2n) is 4.86. The van der Waals surface area contributed by atoms with Gasteiger partial charge in [0.25, 0.3) is 0 Å². The number of hydrogen-bond donors (Lipinski definition) is 1. The van der Waals surface area contributed by atoms with Crippen molar-refractivity contribution in [2.45, 2.75) is 56.4 Å². The van der Waals surface area contributed by atoms with E-state index in [1.165, 1.54) is 12.8 Å². The van der Waals surface area contributed by atoms with E-state index in [0.29, 0.717) is 17.9 Å². The Labute approximate surface area is 101 Å². The zero-order valence-corrected chi connectivity index (χ0v) is 10.1. The summed E-state index contributed by atoms with van der Waals surface area (Å²) in [5.41, 5.74) is 5.87. The molecule has 0 spiro atoms. The van der Waals surface area contributed by atoms with Crippen LogP contribution in [-0.4, -0.2) is 16.2 Å². The maximum absolute atomic E-state index is 5.87. The Morgan fingerprint density at radius 2 is 1.31 bits per heavy atom. The van der Waals surface area contributed by atoms with E-state index in [1.54, 1.807) is 0 Å². The summed E-state index contributed by atoms with van der Waals surface area (Å²) in [5, 5.41) is 8.29. The highest BCUT2D eigenvalue weighted by Crippen LogP contribution is 2.40. The molecule has 2 saturated carbocycles. The lowest BCUT2D eigenvalue weighted by Gasteiger charge is -2.23. The lowest BCUT2D eigenvalue weighted by molar-refractivity contribution is 0.330. The lowest BCUT2D eigenvalue weighted by Crippen LogP contribution is -2.25. The zero-order chi connectivity index (χ0) is 10.3. The number of rotatable bonds is 2. The molecule has 0 bridgehead atoms. The van der Waals surface area contributed by atoms with E-state index in [2.05, 4.69) is 10.2 Å². The summed E-state index contributed by atoms with van der Waals surface area (Å²) in [7, 11) is 0. The molecule has 3 rings (SSSR count). The number of nitrogens with two attached hydrogens (primary N) is 1. The Morgan fingerprint density at radius 3 is 1.75 bits per heavy atom. The van der Waals surface area contributed by atoms with Crippen LogP contribution in [0.1, 0.15) is 62.1 Å². The van der Waals surface area contributed by atoms with Gasteiger partial charge in [0, 0.05) is 17.9 Å². The molecule has 4 nitrogen and oxygen atoms in total. The standard InChI is InChI=1S/C11H17N3O.ClH/c12-9-5-3-8(4-6-9)11-14-13-10(15-11)7-1-2-7;/h7-9H,1-6,12H2;1H. The van der Waals surface area contributed by atoms with Gasteiger partial charge in [-0.15, -0.1) is 22.6 Å². The van der Waals surface area contributed by atoms with Crippen LogP contribution in [0.5, 0.6) is 0 Å². The molecule has 2 aliphatic carbocycles. The fraction of sp³-hybridized carbons (Fsp3) is 0.818. The average Bonchev–Trinajstić information content (AvgIpc) is 2.99. The van der Waals surface area contributed by atoms with Crippen LogP contribution >= 0.6 is 12.4 Å². The maximum atomic E-state index is 5.87. The Hall–Kier alpha value is -0.610. The van der Waals surface area contributed by atoms with E-state index >= 15 is 0 Å². The molecule has 0 unspecified atom stereocenters. The molecule has 0 radical (unpaired) electrons. The van der Waals surface area contributed by atoms with Gasteiger partial charge in [-0.3, -0.25) is 0 Å². The summed E-state index contributed by atoms with van der Waals surface area (Å²) >= 11 is 0. The molecule has 0 aliphatic heterocycles. The molecule has 2 aliphatic rings. The van der Waals surface area contributed by atoms with Gasteiger partial charge in [0.2, 0.25) is 11.8 Å². The topological polar surface area (TPSA) is 64.9 Å². The molecule has 0 amide bonds. The molecule has 90 valence electrons. The molecule has 0 atom stereocenters. The van der Waals surface area contributed by atoms with Gasteiger partial charge in [0.05, 0.1) is 0 Å². The normalized spacial score (nSPS) is 29.8. The minimum Gasteiger partial charge on any atom is -0.425 e. The molecule has 1 heterocycles. The second-order valence-corrected chi connectivity index (χ2v) is 4.86. The minimum absolute atomic E-state index is 0. The monoisotopic (exact) mass is 243 g/mol. The number of hydrogen-bond acceptors (Lipinski definition) is 4. The smallest absolute Gasteiger partial charge is 0.219 e. The largest absolute Gasteiger partial charge is 0.425 e. The Bertz CT molecular complexity index is 343. The van der Waals surface area contributed by atoms with Gasteiger partial charge in [-0.05, 0) is 38.5 Å². The van der Waals surface area contributed by atoms with Gasteiger partial charge in [-0.2, -0.15) is 0 Å². The summed E-state index contributed by atoms with van der Waals surface area (Å²) < 4.78 is 5.72. The van der Waals surface area contributed by atoms with E-state index < -0.39 is 0 Å². The van der Waals surface area contributed by atoms with Crippen LogP contribution in [0, 0.1) is 0 Å². The lowest BCUT2D eigenvalue weighted by atomic mass is 9.86. The maximum Gasteiger partial charge on any atom is 0.219 e. The summed E-state index contributed by atoms with van der Waals surface area (Å²) in [6.45, 7) is 0. The molecule has 2 fully saturated rings. The summed E-state index contributed by atoms with van der Waals surface area (Å²) in [6.07, 6.45) is 6.83. The van der Waals surface area contributed by atoms with Crippen molar-refractivity contribution in [1.82, 2.24) is 10.2 Å². The van der Waals surface area contributed by atoms with Gasteiger partial charge >= 0.3 is 0 Å². The van der Waals surface area contributed by atoms with Crippen LogP contribution in [0.4, 0.5) is 0 Å². The van der Waals surface area contributed by atoms with E-state index in [4.69, 9.17) is 10.2 Å². The van der Waals surface area contributed by atoms with Crippen LogP contribution in [0.3, 0.4) is 0 Å². The third-order valence-electron chi connectivity index (χ3n) is 3.50. The van der Waals surface area contributed by atoms with Crippen molar-refractivity contribution < 1.29 is 4.42 Å².